The van der Waals surface area contributed by atoms with Crippen LogP contribution in [0.1, 0.15) is 70.4 Å². The molecule has 0 spiro atoms. The highest BCUT2D eigenvalue weighted by Crippen LogP contribution is 2.06. The molecule has 0 aliphatic heterocycles. The molecule has 0 aliphatic rings. The first-order chi connectivity index (χ1) is 11.9. The summed E-state index contributed by atoms with van der Waals surface area (Å²) in [6.45, 7) is 12.5. The van der Waals surface area contributed by atoms with Gasteiger partial charge in [-0.3, -0.25) is 4.79 Å². The van der Waals surface area contributed by atoms with Gasteiger partial charge < -0.3 is 11.1 Å². The van der Waals surface area contributed by atoms with Crippen molar-refractivity contribution in [2.75, 3.05) is 6.54 Å². The summed E-state index contributed by atoms with van der Waals surface area (Å²) in [6, 6.07) is 8.41. The number of rotatable bonds is 10. The third kappa shape index (κ3) is 14.3. The largest absolute Gasteiger partial charge is 0.403 e. The summed E-state index contributed by atoms with van der Waals surface area (Å²) in [5, 5.41) is 2.91. The highest BCUT2D eigenvalue weighted by molar-refractivity contribution is 5.77. The van der Waals surface area contributed by atoms with Crippen molar-refractivity contribution in [3.8, 4) is 0 Å². The number of hydrogen-bond acceptors (Lipinski definition) is 2. The van der Waals surface area contributed by atoms with Crippen LogP contribution in [0.4, 0.5) is 0 Å². The van der Waals surface area contributed by atoms with Gasteiger partial charge in [0, 0.05) is 18.2 Å². The van der Waals surface area contributed by atoms with Crippen molar-refractivity contribution in [2.24, 2.45) is 11.7 Å². The van der Waals surface area contributed by atoms with Gasteiger partial charge in [0.1, 0.15) is 0 Å². The summed E-state index contributed by atoms with van der Waals surface area (Å²) in [5.41, 5.74) is 8.78. The van der Waals surface area contributed by atoms with E-state index in [1.165, 1.54) is 43.2 Å². The first kappa shape index (κ1) is 23.2. The lowest BCUT2D eigenvalue weighted by molar-refractivity contribution is -0.123. The average molecular weight is 347 g/mol. The van der Waals surface area contributed by atoms with E-state index in [0.29, 0.717) is 0 Å². The fraction of sp³-hybridized carbons (Fsp3) is 0.591. The first-order valence-corrected chi connectivity index (χ1v) is 9.63. The number of benzene rings is 1. The number of unbranched alkanes of at least 4 members (excludes halogenated alkanes) is 4. The highest BCUT2D eigenvalue weighted by atomic mass is 16.1. The molecule has 0 unspecified atom stereocenters. The summed E-state index contributed by atoms with van der Waals surface area (Å²) in [4.78, 5) is 11.3. The molecule has 1 aromatic rings. The second-order valence-electron chi connectivity index (χ2n) is 7.00. The van der Waals surface area contributed by atoms with Crippen LogP contribution >= 0.6 is 0 Å². The fourth-order valence-electron chi connectivity index (χ4n) is 2.24. The molecule has 0 fully saturated rings. The maximum atomic E-state index is 11.3. The molecule has 3 heteroatoms. The van der Waals surface area contributed by atoms with Crippen molar-refractivity contribution < 1.29 is 4.79 Å². The number of hydrogen-bond donors (Lipinski definition) is 2. The Morgan fingerprint density at radius 2 is 1.72 bits per heavy atom. The fourth-order valence-corrected chi connectivity index (χ4v) is 2.24. The number of carbonyl (C=O) groups is 1. The van der Waals surface area contributed by atoms with Gasteiger partial charge in [0.05, 0.1) is 0 Å². The van der Waals surface area contributed by atoms with Crippen molar-refractivity contribution >= 4 is 5.91 Å². The summed E-state index contributed by atoms with van der Waals surface area (Å²) in [7, 11) is 0. The van der Waals surface area contributed by atoms with Crippen LogP contribution in [-0.4, -0.2) is 12.5 Å². The van der Waals surface area contributed by atoms with Crippen molar-refractivity contribution in [1.82, 2.24) is 5.32 Å². The summed E-state index contributed by atoms with van der Waals surface area (Å²) < 4.78 is 0. The van der Waals surface area contributed by atoms with Gasteiger partial charge in [-0.25, -0.2) is 0 Å². The zero-order valence-corrected chi connectivity index (χ0v) is 16.7. The minimum atomic E-state index is 0.0722. The molecule has 25 heavy (non-hydrogen) atoms. The van der Waals surface area contributed by atoms with Crippen LogP contribution in [0.25, 0.3) is 0 Å². The van der Waals surface area contributed by atoms with Gasteiger partial charge in [0.15, 0.2) is 0 Å². The molecule has 0 bridgehead atoms. The number of carbonyl (C=O) groups excluding carboxylic acids is 1. The van der Waals surface area contributed by atoms with Crippen molar-refractivity contribution in [3.05, 3.63) is 47.7 Å². The number of aryl methyl sites for hydroxylation is 1. The Hall–Kier alpha value is -1.77. The molecule has 0 atom stereocenters. The van der Waals surface area contributed by atoms with Gasteiger partial charge >= 0.3 is 0 Å². The van der Waals surface area contributed by atoms with Gasteiger partial charge in [0.25, 0.3) is 0 Å². The molecule has 3 nitrogen and oxygen atoms in total. The van der Waals surface area contributed by atoms with E-state index >= 15 is 0 Å². The molecule has 0 aliphatic carbocycles. The predicted octanol–water partition coefficient (Wildman–Crippen LogP) is 5.13. The molecule has 0 saturated heterocycles. The number of nitrogens with one attached hydrogen (secondary N) is 1. The summed E-state index contributed by atoms with van der Waals surface area (Å²) >= 11 is 0. The summed E-state index contributed by atoms with van der Waals surface area (Å²) in [6.07, 6.45) is 8.45. The molecule has 1 rings (SSSR count). The van der Waals surface area contributed by atoms with Crippen molar-refractivity contribution in [3.63, 3.8) is 0 Å². The predicted molar refractivity (Wildman–Crippen MR) is 109 cm³/mol. The lowest BCUT2D eigenvalue weighted by Gasteiger charge is -2.07. The number of nitrogens with two attached hydrogens (primary N) is 1. The lowest BCUT2D eigenvalue weighted by atomic mass is 10.1. The average Bonchev–Trinajstić information content (AvgIpc) is 2.56. The van der Waals surface area contributed by atoms with E-state index in [1.807, 2.05) is 13.8 Å². The van der Waals surface area contributed by atoms with E-state index in [1.54, 1.807) is 0 Å². The minimum absolute atomic E-state index is 0.0722. The minimum Gasteiger partial charge on any atom is -0.403 e. The number of allylic oxidation sites excluding steroid dienone is 1. The smallest absolute Gasteiger partial charge is 0.222 e. The maximum absolute atomic E-state index is 11.3. The van der Waals surface area contributed by atoms with Gasteiger partial charge in [0.2, 0.25) is 5.91 Å². The topological polar surface area (TPSA) is 55.1 Å². The van der Waals surface area contributed by atoms with Crippen molar-refractivity contribution in [2.45, 2.75) is 72.6 Å². The molecular formula is C22H38N2O. The Balaban J connectivity index is 0.000000504. The molecular weight excluding hydrogens is 308 g/mol. The van der Waals surface area contributed by atoms with E-state index < -0.39 is 0 Å². The van der Waals surface area contributed by atoms with Crippen LogP contribution in [0.2, 0.25) is 0 Å². The summed E-state index contributed by atoms with van der Waals surface area (Å²) in [5.74, 6) is 0.199. The van der Waals surface area contributed by atoms with Gasteiger partial charge in [-0.2, -0.15) is 0 Å². The van der Waals surface area contributed by atoms with E-state index in [4.69, 9.17) is 5.73 Å². The monoisotopic (exact) mass is 346 g/mol. The van der Waals surface area contributed by atoms with Gasteiger partial charge in [-0.15, -0.1) is 0 Å². The third-order valence-electron chi connectivity index (χ3n) is 3.96. The molecule has 1 amide bonds. The molecule has 1 aromatic carbocycles. The Bertz CT molecular complexity index is 477. The Morgan fingerprint density at radius 1 is 1.12 bits per heavy atom. The first-order valence-electron chi connectivity index (χ1n) is 9.63. The molecule has 0 heterocycles. The molecule has 0 saturated carbocycles. The molecule has 142 valence electrons. The van der Waals surface area contributed by atoms with E-state index in [2.05, 4.69) is 50.0 Å². The Labute approximate surface area is 155 Å². The number of amides is 1. The second-order valence-corrected chi connectivity index (χ2v) is 7.00. The van der Waals surface area contributed by atoms with Gasteiger partial charge in [-0.1, -0.05) is 82.9 Å². The van der Waals surface area contributed by atoms with Gasteiger partial charge in [-0.05, 0) is 31.7 Å². The SMILES string of the molecule is C=C(N)CCCCCCC.Cc1ccc(CCNC(=O)C(C)C)cc1. The Morgan fingerprint density at radius 3 is 2.24 bits per heavy atom. The third-order valence-corrected chi connectivity index (χ3v) is 3.96. The zero-order valence-electron chi connectivity index (χ0n) is 16.7. The van der Waals surface area contributed by atoms with Crippen LogP contribution in [0.15, 0.2) is 36.5 Å². The van der Waals surface area contributed by atoms with E-state index in [9.17, 15) is 4.79 Å². The Kier molecular flexibility index (Phi) is 13.5. The molecule has 0 aromatic heterocycles. The van der Waals surface area contributed by atoms with E-state index in [-0.39, 0.29) is 11.8 Å². The maximum Gasteiger partial charge on any atom is 0.222 e. The molecule has 0 radical (unpaired) electrons. The standard InChI is InChI=1S/C13H19NO.C9H19N/c1-10(2)13(15)14-9-8-12-6-4-11(3)5-7-12;1-3-4-5-6-7-8-9(2)10/h4-7,10H,8-9H2,1-3H3,(H,14,15);2-8,10H2,1H3. The van der Waals surface area contributed by atoms with E-state index in [0.717, 1.165) is 25.1 Å². The van der Waals surface area contributed by atoms with Crippen LogP contribution in [0, 0.1) is 12.8 Å². The normalized spacial score (nSPS) is 10.1. The quantitative estimate of drug-likeness (QED) is 0.577. The van der Waals surface area contributed by atoms with Crippen LogP contribution < -0.4 is 11.1 Å². The van der Waals surface area contributed by atoms with Crippen molar-refractivity contribution in [1.29, 1.82) is 0 Å². The highest BCUT2D eigenvalue weighted by Gasteiger charge is 2.04. The molecule has 3 N–H and O–H groups in total. The van der Waals surface area contributed by atoms with Crippen LogP contribution in [0.3, 0.4) is 0 Å². The lowest BCUT2D eigenvalue weighted by Crippen LogP contribution is -2.29. The zero-order chi connectivity index (χ0) is 19.1. The van der Waals surface area contributed by atoms with Crippen LogP contribution in [0.5, 0.6) is 0 Å². The second kappa shape index (κ2) is 14.6. The van der Waals surface area contributed by atoms with Crippen LogP contribution in [-0.2, 0) is 11.2 Å².